The Morgan fingerprint density at radius 2 is 1.91 bits per heavy atom. The van der Waals surface area contributed by atoms with E-state index in [9.17, 15) is 9.59 Å². The van der Waals surface area contributed by atoms with E-state index >= 15 is 0 Å². The molecule has 0 unspecified atom stereocenters. The molecule has 0 aromatic heterocycles. The summed E-state index contributed by atoms with van der Waals surface area (Å²) in [7, 11) is 0. The third-order valence-corrected chi connectivity index (χ3v) is 4.15. The third kappa shape index (κ3) is 5.25. The van der Waals surface area contributed by atoms with Gasteiger partial charge >= 0.3 is 0 Å². The number of likely N-dealkylation sites (tertiary alicyclic amines) is 1. The van der Waals surface area contributed by atoms with Gasteiger partial charge in [0.1, 0.15) is 5.75 Å². The minimum atomic E-state index is -0.479. The van der Waals surface area contributed by atoms with E-state index in [0.29, 0.717) is 17.2 Å². The molecule has 1 saturated heterocycles. The van der Waals surface area contributed by atoms with Gasteiger partial charge in [0, 0.05) is 18.7 Å². The first-order valence-electron chi connectivity index (χ1n) is 8.11. The molecule has 23 heavy (non-hydrogen) atoms. The van der Waals surface area contributed by atoms with E-state index in [-0.39, 0.29) is 12.5 Å². The average Bonchev–Trinajstić information content (AvgIpc) is 2.58. The highest BCUT2D eigenvalue weighted by Gasteiger charge is 2.22. The summed E-state index contributed by atoms with van der Waals surface area (Å²) in [6, 6.07) is 6.48. The van der Waals surface area contributed by atoms with Crippen molar-refractivity contribution in [1.82, 2.24) is 10.2 Å². The van der Waals surface area contributed by atoms with E-state index in [1.54, 1.807) is 24.3 Å². The number of piperidine rings is 1. The molecule has 0 radical (unpaired) electrons. The fraction of sp³-hybridized carbons (Fsp3) is 0.529. The predicted octanol–water partition coefficient (Wildman–Crippen LogP) is 1.01. The van der Waals surface area contributed by atoms with Crippen LogP contribution in [0.25, 0.3) is 0 Å². The number of rotatable bonds is 7. The van der Waals surface area contributed by atoms with Crippen LogP contribution in [0.15, 0.2) is 24.3 Å². The van der Waals surface area contributed by atoms with Gasteiger partial charge in [0.2, 0.25) is 5.91 Å². The summed E-state index contributed by atoms with van der Waals surface area (Å²) in [6.45, 7) is 5.72. The molecule has 1 aromatic rings. The van der Waals surface area contributed by atoms with Gasteiger partial charge in [-0.1, -0.05) is 6.92 Å². The van der Waals surface area contributed by atoms with Gasteiger partial charge in [0.25, 0.3) is 5.91 Å². The number of amides is 2. The first-order valence-corrected chi connectivity index (χ1v) is 8.11. The second kappa shape index (κ2) is 8.53. The molecule has 1 aliphatic rings. The summed E-state index contributed by atoms with van der Waals surface area (Å²) >= 11 is 0. The van der Waals surface area contributed by atoms with Crippen molar-refractivity contribution in [2.75, 3.05) is 32.8 Å². The van der Waals surface area contributed by atoms with Crippen molar-refractivity contribution in [3.05, 3.63) is 29.8 Å². The summed E-state index contributed by atoms with van der Waals surface area (Å²) in [5, 5.41) is 3.36. The fourth-order valence-corrected chi connectivity index (χ4v) is 2.69. The van der Waals surface area contributed by atoms with Crippen LogP contribution in [0.4, 0.5) is 0 Å². The summed E-state index contributed by atoms with van der Waals surface area (Å²) in [6.07, 6.45) is 2.07. The van der Waals surface area contributed by atoms with E-state index in [4.69, 9.17) is 10.5 Å². The molecule has 0 bridgehead atoms. The van der Waals surface area contributed by atoms with Crippen LogP contribution in [-0.4, -0.2) is 49.5 Å². The Kier molecular flexibility index (Phi) is 6.40. The van der Waals surface area contributed by atoms with Gasteiger partial charge in [-0.2, -0.15) is 0 Å². The lowest BCUT2D eigenvalue weighted by Crippen LogP contribution is -2.42. The molecule has 0 aliphatic carbocycles. The van der Waals surface area contributed by atoms with Crippen molar-refractivity contribution in [2.24, 2.45) is 11.7 Å². The summed E-state index contributed by atoms with van der Waals surface area (Å²) in [4.78, 5) is 25.0. The van der Waals surface area contributed by atoms with Crippen LogP contribution in [0.3, 0.4) is 0 Å². The Morgan fingerprint density at radius 1 is 1.26 bits per heavy atom. The average molecular weight is 319 g/mol. The van der Waals surface area contributed by atoms with E-state index < -0.39 is 5.91 Å². The molecule has 1 aromatic carbocycles. The molecule has 1 aliphatic heterocycles. The molecule has 2 amide bonds. The molecule has 126 valence electrons. The van der Waals surface area contributed by atoms with Crippen LogP contribution >= 0.6 is 0 Å². The molecule has 0 spiro atoms. The Balaban J connectivity index is 1.74. The van der Waals surface area contributed by atoms with Gasteiger partial charge in [-0.25, -0.2) is 0 Å². The molecule has 3 N–H and O–H groups in total. The van der Waals surface area contributed by atoms with Crippen molar-refractivity contribution >= 4 is 11.8 Å². The number of nitrogens with two attached hydrogens (primary N) is 1. The first-order chi connectivity index (χ1) is 11.1. The predicted molar refractivity (Wildman–Crippen MR) is 88.3 cm³/mol. The molecule has 2 rings (SSSR count). The monoisotopic (exact) mass is 319 g/mol. The fourth-order valence-electron chi connectivity index (χ4n) is 2.69. The molecule has 0 saturated carbocycles. The Bertz CT molecular complexity index is 522. The quantitative estimate of drug-likeness (QED) is 0.785. The highest BCUT2D eigenvalue weighted by Crippen LogP contribution is 2.17. The van der Waals surface area contributed by atoms with Gasteiger partial charge in [0.05, 0.1) is 0 Å². The number of benzene rings is 1. The number of hydrogen-bond donors (Lipinski definition) is 2. The van der Waals surface area contributed by atoms with Crippen molar-refractivity contribution in [1.29, 1.82) is 0 Å². The number of nitrogens with one attached hydrogen (secondary N) is 1. The zero-order valence-electron chi connectivity index (χ0n) is 13.6. The zero-order chi connectivity index (χ0) is 16.7. The van der Waals surface area contributed by atoms with Gasteiger partial charge in [-0.3, -0.25) is 9.59 Å². The maximum atomic E-state index is 12.2. The molecular weight excluding hydrogens is 294 g/mol. The number of nitrogens with zero attached hydrogens (tertiary/aromatic N) is 1. The van der Waals surface area contributed by atoms with Crippen LogP contribution in [0.1, 0.15) is 30.1 Å². The minimum Gasteiger partial charge on any atom is -0.484 e. The lowest BCUT2D eigenvalue weighted by Gasteiger charge is -2.32. The van der Waals surface area contributed by atoms with Gasteiger partial charge in [0.15, 0.2) is 6.61 Å². The van der Waals surface area contributed by atoms with E-state index in [1.165, 1.54) is 0 Å². The van der Waals surface area contributed by atoms with Gasteiger partial charge < -0.3 is 20.7 Å². The minimum absolute atomic E-state index is 0.00544. The smallest absolute Gasteiger partial charge is 0.260 e. The van der Waals surface area contributed by atoms with E-state index in [1.807, 2.05) is 4.90 Å². The molecular formula is C17H25N3O3. The highest BCUT2D eigenvalue weighted by molar-refractivity contribution is 5.92. The van der Waals surface area contributed by atoms with Gasteiger partial charge in [-0.15, -0.1) is 0 Å². The van der Waals surface area contributed by atoms with Crippen LogP contribution in [0.5, 0.6) is 5.75 Å². The Morgan fingerprint density at radius 3 is 2.48 bits per heavy atom. The molecule has 6 heteroatoms. The van der Waals surface area contributed by atoms with E-state index in [0.717, 1.165) is 39.0 Å². The molecule has 1 fully saturated rings. The number of primary amides is 1. The maximum absolute atomic E-state index is 12.2. The van der Waals surface area contributed by atoms with E-state index in [2.05, 4.69) is 12.2 Å². The number of hydrogen-bond acceptors (Lipinski definition) is 4. The zero-order valence-corrected chi connectivity index (χ0v) is 13.6. The lowest BCUT2D eigenvalue weighted by molar-refractivity contribution is -0.134. The Labute approximate surface area is 137 Å². The van der Waals surface area contributed by atoms with Crippen LogP contribution in [0, 0.1) is 5.92 Å². The number of carbonyl (C=O) groups excluding carboxylic acids is 2. The van der Waals surface area contributed by atoms with Crippen LogP contribution in [0.2, 0.25) is 0 Å². The second-order valence-electron chi connectivity index (χ2n) is 5.81. The molecule has 1 heterocycles. The normalized spacial score (nSPS) is 15.4. The van der Waals surface area contributed by atoms with Crippen molar-refractivity contribution in [2.45, 2.75) is 19.8 Å². The summed E-state index contributed by atoms with van der Waals surface area (Å²) in [5.41, 5.74) is 5.60. The summed E-state index contributed by atoms with van der Waals surface area (Å²) in [5.74, 6) is 0.741. The van der Waals surface area contributed by atoms with Crippen molar-refractivity contribution in [3.63, 3.8) is 0 Å². The highest BCUT2D eigenvalue weighted by atomic mass is 16.5. The van der Waals surface area contributed by atoms with Crippen molar-refractivity contribution < 1.29 is 14.3 Å². The molecule has 6 nitrogen and oxygen atoms in total. The first kappa shape index (κ1) is 17.3. The van der Waals surface area contributed by atoms with Crippen molar-refractivity contribution in [3.8, 4) is 5.75 Å². The van der Waals surface area contributed by atoms with Gasteiger partial charge in [-0.05, 0) is 56.1 Å². The second-order valence-corrected chi connectivity index (χ2v) is 5.81. The Hall–Kier alpha value is -2.08. The van der Waals surface area contributed by atoms with Crippen LogP contribution < -0.4 is 15.8 Å². The number of carbonyl (C=O) groups is 2. The number of ether oxygens (including phenoxy) is 1. The summed E-state index contributed by atoms with van der Waals surface area (Å²) < 4.78 is 5.49. The largest absolute Gasteiger partial charge is 0.484 e. The van der Waals surface area contributed by atoms with Crippen LogP contribution in [-0.2, 0) is 4.79 Å². The standard InChI is InChI=1S/C17H25N3O3/c1-2-19-11-13-7-9-20(10-8-13)16(21)12-23-15-5-3-14(4-6-15)17(18)22/h3-6,13,19H,2,7-12H2,1H3,(H2,18,22). The third-order valence-electron chi connectivity index (χ3n) is 4.15. The maximum Gasteiger partial charge on any atom is 0.260 e. The molecule has 0 atom stereocenters. The lowest BCUT2D eigenvalue weighted by atomic mass is 9.97. The topological polar surface area (TPSA) is 84.7 Å². The SMILES string of the molecule is CCNCC1CCN(C(=O)COc2ccc(C(N)=O)cc2)CC1.